The smallest absolute Gasteiger partial charge is 0.358 e. The van der Waals surface area contributed by atoms with Gasteiger partial charge >= 0.3 is 5.97 Å². The molecule has 1 N–H and O–H groups in total. The molecule has 0 aliphatic carbocycles. The SMILES string of the molecule is COCCc1c(C(=O)O)nnn1Cc1cccc(Br)c1. The minimum absolute atomic E-state index is 0.0166. The van der Waals surface area contributed by atoms with E-state index in [1.165, 1.54) is 0 Å². The lowest BCUT2D eigenvalue weighted by Crippen LogP contribution is -2.11. The maximum absolute atomic E-state index is 11.1. The summed E-state index contributed by atoms with van der Waals surface area (Å²) in [5, 5.41) is 16.8. The molecule has 2 aromatic rings. The minimum atomic E-state index is -1.07. The van der Waals surface area contributed by atoms with Gasteiger partial charge in [0.1, 0.15) is 0 Å². The molecule has 0 saturated heterocycles. The molecule has 1 aromatic heterocycles. The highest BCUT2D eigenvalue weighted by atomic mass is 79.9. The highest BCUT2D eigenvalue weighted by molar-refractivity contribution is 9.10. The monoisotopic (exact) mass is 339 g/mol. The molecule has 0 fully saturated rings. The van der Waals surface area contributed by atoms with Gasteiger partial charge in [0, 0.05) is 18.0 Å². The van der Waals surface area contributed by atoms with E-state index in [4.69, 9.17) is 9.84 Å². The Morgan fingerprint density at radius 3 is 2.95 bits per heavy atom. The van der Waals surface area contributed by atoms with Gasteiger partial charge in [0.2, 0.25) is 0 Å². The van der Waals surface area contributed by atoms with Crippen LogP contribution in [-0.4, -0.2) is 39.8 Å². The Morgan fingerprint density at radius 1 is 1.50 bits per heavy atom. The van der Waals surface area contributed by atoms with Crippen LogP contribution in [0.4, 0.5) is 0 Å². The molecule has 0 aliphatic rings. The Labute approximate surface area is 124 Å². The summed E-state index contributed by atoms with van der Waals surface area (Å²) in [6.07, 6.45) is 0.457. The summed E-state index contributed by atoms with van der Waals surface area (Å²) in [7, 11) is 1.57. The molecule has 0 spiro atoms. The van der Waals surface area contributed by atoms with E-state index in [-0.39, 0.29) is 5.69 Å². The second-order valence-electron chi connectivity index (χ2n) is 4.22. The quantitative estimate of drug-likeness (QED) is 0.870. The van der Waals surface area contributed by atoms with Crippen LogP contribution >= 0.6 is 15.9 Å². The molecule has 1 heterocycles. The number of aromatic nitrogens is 3. The van der Waals surface area contributed by atoms with Crippen LogP contribution in [0.1, 0.15) is 21.7 Å². The molecule has 0 unspecified atom stereocenters. The zero-order valence-electron chi connectivity index (χ0n) is 10.9. The van der Waals surface area contributed by atoms with E-state index in [9.17, 15) is 4.79 Å². The Bertz CT molecular complexity index is 613. The molecule has 0 bridgehead atoms. The standard InChI is InChI=1S/C13H14BrN3O3/c1-20-6-5-11-12(13(18)19)15-16-17(11)8-9-3-2-4-10(14)7-9/h2-4,7H,5-6,8H2,1H3,(H,18,19). The van der Waals surface area contributed by atoms with Gasteiger partial charge in [-0.25, -0.2) is 9.48 Å². The molecule has 0 radical (unpaired) electrons. The van der Waals surface area contributed by atoms with Crippen molar-refractivity contribution >= 4 is 21.9 Å². The third kappa shape index (κ3) is 3.43. The third-order valence-electron chi connectivity index (χ3n) is 2.80. The second-order valence-corrected chi connectivity index (χ2v) is 5.14. The number of hydrogen-bond acceptors (Lipinski definition) is 4. The van der Waals surface area contributed by atoms with Crippen LogP contribution in [0.5, 0.6) is 0 Å². The number of rotatable bonds is 6. The summed E-state index contributed by atoms with van der Waals surface area (Å²) < 4.78 is 7.57. The van der Waals surface area contributed by atoms with Gasteiger partial charge in [0.15, 0.2) is 5.69 Å². The summed E-state index contributed by atoms with van der Waals surface area (Å²) >= 11 is 3.40. The normalized spacial score (nSPS) is 10.7. The first-order chi connectivity index (χ1) is 9.61. The van der Waals surface area contributed by atoms with Crippen LogP contribution in [0.3, 0.4) is 0 Å². The fraction of sp³-hybridized carbons (Fsp3) is 0.308. The van der Waals surface area contributed by atoms with Crippen LogP contribution in [0.25, 0.3) is 0 Å². The summed E-state index contributed by atoms with van der Waals surface area (Å²) in [6, 6.07) is 7.76. The number of benzene rings is 1. The molecule has 7 heteroatoms. The maximum Gasteiger partial charge on any atom is 0.358 e. The number of methoxy groups -OCH3 is 1. The van der Waals surface area contributed by atoms with E-state index in [0.29, 0.717) is 25.3 Å². The van der Waals surface area contributed by atoms with Gasteiger partial charge in [0.05, 0.1) is 18.8 Å². The molecule has 1 aromatic carbocycles. The van der Waals surface area contributed by atoms with Gasteiger partial charge in [-0.1, -0.05) is 33.3 Å². The van der Waals surface area contributed by atoms with E-state index >= 15 is 0 Å². The molecular formula is C13H14BrN3O3. The van der Waals surface area contributed by atoms with Crippen LogP contribution in [0.15, 0.2) is 28.7 Å². The highest BCUT2D eigenvalue weighted by Gasteiger charge is 2.18. The predicted molar refractivity (Wildman–Crippen MR) is 75.8 cm³/mol. The lowest BCUT2D eigenvalue weighted by Gasteiger charge is -2.07. The van der Waals surface area contributed by atoms with Gasteiger partial charge in [-0.2, -0.15) is 0 Å². The number of carboxylic acids is 1. The average Bonchev–Trinajstić information content (AvgIpc) is 2.79. The summed E-state index contributed by atoms with van der Waals surface area (Å²) in [4.78, 5) is 11.1. The van der Waals surface area contributed by atoms with Crippen molar-refractivity contribution < 1.29 is 14.6 Å². The van der Waals surface area contributed by atoms with Crippen LogP contribution < -0.4 is 0 Å². The van der Waals surface area contributed by atoms with Crippen molar-refractivity contribution in [3.8, 4) is 0 Å². The lowest BCUT2D eigenvalue weighted by atomic mass is 10.2. The number of ether oxygens (including phenoxy) is 1. The largest absolute Gasteiger partial charge is 0.476 e. The Morgan fingerprint density at radius 2 is 2.30 bits per heavy atom. The molecule has 0 amide bonds. The molecule has 106 valence electrons. The van der Waals surface area contributed by atoms with Crippen molar-refractivity contribution in [2.75, 3.05) is 13.7 Å². The van der Waals surface area contributed by atoms with Crippen LogP contribution in [0.2, 0.25) is 0 Å². The number of aromatic carboxylic acids is 1. The Kier molecular flexibility index (Phi) is 4.86. The molecule has 0 atom stereocenters. The van der Waals surface area contributed by atoms with Gasteiger partial charge in [-0.05, 0) is 17.7 Å². The summed E-state index contributed by atoms with van der Waals surface area (Å²) in [5.41, 5.74) is 1.57. The van der Waals surface area contributed by atoms with E-state index in [0.717, 1.165) is 10.0 Å². The predicted octanol–water partition coefficient (Wildman–Crippen LogP) is 1.98. The third-order valence-corrected chi connectivity index (χ3v) is 3.30. The van der Waals surface area contributed by atoms with E-state index in [1.807, 2.05) is 24.3 Å². The van der Waals surface area contributed by atoms with Gasteiger partial charge < -0.3 is 9.84 Å². The topological polar surface area (TPSA) is 77.2 Å². The molecule has 6 nitrogen and oxygen atoms in total. The number of hydrogen-bond donors (Lipinski definition) is 1. The number of carboxylic acid groups (broad SMARTS) is 1. The maximum atomic E-state index is 11.1. The average molecular weight is 340 g/mol. The fourth-order valence-electron chi connectivity index (χ4n) is 1.88. The fourth-order valence-corrected chi connectivity index (χ4v) is 2.33. The van der Waals surface area contributed by atoms with Crippen LogP contribution in [-0.2, 0) is 17.7 Å². The zero-order chi connectivity index (χ0) is 14.5. The van der Waals surface area contributed by atoms with Gasteiger partial charge in [0.25, 0.3) is 0 Å². The van der Waals surface area contributed by atoms with Crippen molar-refractivity contribution in [1.29, 1.82) is 0 Å². The first-order valence-electron chi connectivity index (χ1n) is 6.01. The highest BCUT2D eigenvalue weighted by Crippen LogP contribution is 2.14. The first-order valence-corrected chi connectivity index (χ1v) is 6.80. The van der Waals surface area contributed by atoms with Gasteiger partial charge in [-0.15, -0.1) is 5.10 Å². The van der Waals surface area contributed by atoms with Crippen molar-refractivity contribution in [3.63, 3.8) is 0 Å². The summed E-state index contributed by atoms with van der Waals surface area (Å²) in [6.45, 7) is 0.894. The molecule has 20 heavy (non-hydrogen) atoms. The summed E-state index contributed by atoms with van der Waals surface area (Å²) in [5.74, 6) is -1.07. The molecule has 2 rings (SSSR count). The van der Waals surface area contributed by atoms with E-state index in [1.54, 1.807) is 11.8 Å². The van der Waals surface area contributed by atoms with Gasteiger partial charge in [-0.3, -0.25) is 0 Å². The van der Waals surface area contributed by atoms with Crippen molar-refractivity contribution in [1.82, 2.24) is 15.0 Å². The second kappa shape index (κ2) is 6.62. The van der Waals surface area contributed by atoms with Crippen molar-refractivity contribution in [2.24, 2.45) is 0 Å². The van der Waals surface area contributed by atoms with Crippen LogP contribution in [0, 0.1) is 0 Å². The minimum Gasteiger partial charge on any atom is -0.476 e. The number of halogens is 1. The molecular weight excluding hydrogens is 326 g/mol. The number of carbonyl (C=O) groups is 1. The Balaban J connectivity index is 2.28. The zero-order valence-corrected chi connectivity index (χ0v) is 12.5. The van der Waals surface area contributed by atoms with Crippen molar-refractivity contribution in [3.05, 3.63) is 45.7 Å². The van der Waals surface area contributed by atoms with Crippen molar-refractivity contribution in [2.45, 2.75) is 13.0 Å². The van der Waals surface area contributed by atoms with E-state index in [2.05, 4.69) is 26.2 Å². The lowest BCUT2D eigenvalue weighted by molar-refractivity contribution is 0.0688. The number of nitrogens with zero attached hydrogens (tertiary/aromatic N) is 3. The van der Waals surface area contributed by atoms with E-state index < -0.39 is 5.97 Å². The molecule has 0 saturated carbocycles. The Hall–Kier alpha value is -1.73. The first kappa shape index (κ1) is 14.7. The molecule has 0 aliphatic heterocycles.